The molecule has 1 nitrogen and oxygen atoms in total. The van der Waals surface area contributed by atoms with E-state index in [1.807, 2.05) is 0 Å². The van der Waals surface area contributed by atoms with Crippen molar-refractivity contribution in [2.24, 2.45) is 0 Å². The van der Waals surface area contributed by atoms with Gasteiger partial charge < -0.3 is 4.74 Å². The molecule has 0 atom stereocenters. The van der Waals surface area contributed by atoms with Crippen LogP contribution in [0.5, 0.6) is 5.75 Å². The summed E-state index contributed by atoms with van der Waals surface area (Å²) in [5.41, 5.74) is 1.43. The van der Waals surface area contributed by atoms with E-state index in [0.717, 1.165) is 12.2 Å². The van der Waals surface area contributed by atoms with Crippen molar-refractivity contribution in [1.82, 2.24) is 0 Å². The first-order valence-electron chi connectivity index (χ1n) is 7.87. The Bertz CT molecular complexity index is 302. The third-order valence-electron chi connectivity index (χ3n) is 3.41. The van der Waals surface area contributed by atoms with Crippen LogP contribution in [0.1, 0.15) is 63.9 Å². The zero-order valence-electron chi connectivity index (χ0n) is 12.5. The standard InChI is InChI=1S/C18H29O/c1-3-5-6-7-8-9-10-11-17-12-14-18(15-13-17)19-16-4-2/h12-15H,2-11,16H2,1H3. The predicted octanol–water partition coefficient (Wildman–Crippen LogP) is 5.58. The van der Waals surface area contributed by atoms with E-state index < -0.39 is 0 Å². The lowest BCUT2D eigenvalue weighted by molar-refractivity contribution is 0.324. The van der Waals surface area contributed by atoms with E-state index >= 15 is 0 Å². The van der Waals surface area contributed by atoms with Crippen LogP contribution in [0.3, 0.4) is 0 Å². The molecule has 0 N–H and O–H groups in total. The number of aryl methyl sites for hydroxylation is 1. The average Bonchev–Trinajstić information content (AvgIpc) is 2.45. The maximum absolute atomic E-state index is 5.53. The molecule has 1 heteroatoms. The molecule has 0 bridgehead atoms. The molecule has 1 radical (unpaired) electrons. The largest absolute Gasteiger partial charge is 0.494 e. The van der Waals surface area contributed by atoms with Crippen molar-refractivity contribution in [3.05, 3.63) is 36.8 Å². The molecule has 0 fully saturated rings. The molecule has 107 valence electrons. The second-order valence-electron chi connectivity index (χ2n) is 5.22. The molecule has 0 aliphatic carbocycles. The Labute approximate surface area is 119 Å². The van der Waals surface area contributed by atoms with Gasteiger partial charge in [0.25, 0.3) is 0 Å². The maximum Gasteiger partial charge on any atom is 0.119 e. The van der Waals surface area contributed by atoms with Gasteiger partial charge in [0.15, 0.2) is 0 Å². The highest BCUT2D eigenvalue weighted by Gasteiger charge is 1.96. The van der Waals surface area contributed by atoms with Crippen LogP contribution < -0.4 is 4.74 Å². The van der Waals surface area contributed by atoms with Crippen molar-refractivity contribution in [3.8, 4) is 5.75 Å². The highest BCUT2D eigenvalue weighted by atomic mass is 16.5. The smallest absolute Gasteiger partial charge is 0.119 e. The van der Waals surface area contributed by atoms with Crippen LogP contribution in [-0.2, 0) is 6.42 Å². The van der Waals surface area contributed by atoms with Gasteiger partial charge in [-0.1, -0.05) is 57.6 Å². The van der Waals surface area contributed by atoms with Gasteiger partial charge >= 0.3 is 0 Å². The molecule has 0 saturated carbocycles. The molecule has 1 aromatic carbocycles. The fourth-order valence-electron chi connectivity index (χ4n) is 2.23. The third-order valence-corrected chi connectivity index (χ3v) is 3.41. The summed E-state index contributed by atoms with van der Waals surface area (Å²) < 4.78 is 5.53. The summed E-state index contributed by atoms with van der Waals surface area (Å²) in [6, 6.07) is 8.53. The van der Waals surface area contributed by atoms with Gasteiger partial charge in [-0.05, 0) is 43.9 Å². The van der Waals surface area contributed by atoms with Crippen LogP contribution in [0.25, 0.3) is 0 Å². The van der Waals surface area contributed by atoms with Gasteiger partial charge in [0.05, 0.1) is 6.61 Å². The van der Waals surface area contributed by atoms with Gasteiger partial charge in [0.1, 0.15) is 5.75 Å². The van der Waals surface area contributed by atoms with Crippen molar-refractivity contribution < 1.29 is 4.74 Å². The van der Waals surface area contributed by atoms with Gasteiger partial charge in [0.2, 0.25) is 0 Å². The number of rotatable bonds is 11. The lowest BCUT2D eigenvalue weighted by Gasteiger charge is -2.06. The molecule has 19 heavy (non-hydrogen) atoms. The third kappa shape index (κ3) is 7.92. The molecule has 0 aliphatic rings. The Hall–Kier alpha value is -0.980. The molecular weight excluding hydrogens is 232 g/mol. The molecule has 0 amide bonds. The zero-order valence-corrected chi connectivity index (χ0v) is 12.5. The fourth-order valence-corrected chi connectivity index (χ4v) is 2.23. The Morgan fingerprint density at radius 3 is 2.16 bits per heavy atom. The maximum atomic E-state index is 5.53. The van der Waals surface area contributed by atoms with Crippen LogP contribution in [0.15, 0.2) is 24.3 Å². The quantitative estimate of drug-likeness (QED) is 0.472. The highest BCUT2D eigenvalue weighted by Crippen LogP contribution is 2.15. The number of hydrogen-bond acceptors (Lipinski definition) is 1. The normalized spacial score (nSPS) is 10.6. The highest BCUT2D eigenvalue weighted by molar-refractivity contribution is 5.27. The van der Waals surface area contributed by atoms with Crippen LogP contribution in [-0.4, -0.2) is 6.61 Å². The molecule has 1 rings (SSSR count). The monoisotopic (exact) mass is 261 g/mol. The minimum atomic E-state index is 0.705. The molecule has 0 spiro atoms. The number of benzene rings is 1. The summed E-state index contributed by atoms with van der Waals surface area (Å²) in [6.45, 7) is 6.74. The SMILES string of the molecule is [CH2]CCOc1ccc(CCCCCCCCC)cc1. The van der Waals surface area contributed by atoms with E-state index in [-0.39, 0.29) is 0 Å². The van der Waals surface area contributed by atoms with Crippen molar-refractivity contribution >= 4 is 0 Å². The second-order valence-corrected chi connectivity index (χ2v) is 5.22. The number of unbranched alkanes of at least 4 members (excludes halogenated alkanes) is 6. The zero-order chi connectivity index (χ0) is 13.8. The topological polar surface area (TPSA) is 9.23 Å². The lowest BCUT2D eigenvalue weighted by Crippen LogP contribution is -1.95. The molecule has 1 aromatic rings. The van der Waals surface area contributed by atoms with Crippen LogP contribution in [0, 0.1) is 6.92 Å². The van der Waals surface area contributed by atoms with Gasteiger partial charge in [-0.25, -0.2) is 0 Å². The Kier molecular flexibility index (Phi) is 9.22. The summed E-state index contributed by atoms with van der Waals surface area (Å²) >= 11 is 0. The first-order valence-corrected chi connectivity index (χ1v) is 7.87. The summed E-state index contributed by atoms with van der Waals surface area (Å²) in [5, 5.41) is 0. The van der Waals surface area contributed by atoms with E-state index in [2.05, 4.69) is 38.1 Å². The van der Waals surface area contributed by atoms with E-state index in [0.29, 0.717) is 6.61 Å². The van der Waals surface area contributed by atoms with Crippen LogP contribution in [0.4, 0.5) is 0 Å². The Balaban J connectivity index is 2.09. The van der Waals surface area contributed by atoms with E-state index in [4.69, 9.17) is 4.74 Å². The first-order chi connectivity index (χ1) is 9.36. The first kappa shape index (κ1) is 16.1. The molecule has 0 aromatic heterocycles. The van der Waals surface area contributed by atoms with Crippen molar-refractivity contribution in [2.45, 2.75) is 64.7 Å². The van der Waals surface area contributed by atoms with Crippen LogP contribution >= 0.6 is 0 Å². The molecule has 0 unspecified atom stereocenters. The van der Waals surface area contributed by atoms with Gasteiger partial charge in [0, 0.05) is 0 Å². The van der Waals surface area contributed by atoms with Crippen molar-refractivity contribution in [3.63, 3.8) is 0 Å². The molecule has 0 heterocycles. The predicted molar refractivity (Wildman–Crippen MR) is 83.6 cm³/mol. The summed E-state index contributed by atoms with van der Waals surface area (Å²) in [4.78, 5) is 0. The van der Waals surface area contributed by atoms with E-state index in [1.165, 1.54) is 56.9 Å². The van der Waals surface area contributed by atoms with Crippen molar-refractivity contribution in [2.75, 3.05) is 6.61 Å². The minimum Gasteiger partial charge on any atom is -0.494 e. The molecule has 0 aliphatic heterocycles. The van der Waals surface area contributed by atoms with Crippen molar-refractivity contribution in [1.29, 1.82) is 0 Å². The van der Waals surface area contributed by atoms with Gasteiger partial charge in [-0.15, -0.1) is 0 Å². The van der Waals surface area contributed by atoms with Gasteiger partial charge in [-0.3, -0.25) is 0 Å². The summed E-state index contributed by atoms with van der Waals surface area (Å²) in [5.74, 6) is 0.965. The fraction of sp³-hybridized carbons (Fsp3) is 0.611. The van der Waals surface area contributed by atoms with E-state index in [9.17, 15) is 0 Å². The van der Waals surface area contributed by atoms with E-state index in [1.54, 1.807) is 0 Å². The average molecular weight is 261 g/mol. The molecular formula is C18H29O. The van der Waals surface area contributed by atoms with Gasteiger partial charge in [-0.2, -0.15) is 0 Å². The van der Waals surface area contributed by atoms with Crippen LogP contribution in [0.2, 0.25) is 0 Å². The summed E-state index contributed by atoms with van der Waals surface area (Å²) in [7, 11) is 0. The lowest BCUT2D eigenvalue weighted by atomic mass is 10.0. The Morgan fingerprint density at radius 1 is 0.895 bits per heavy atom. The summed E-state index contributed by atoms with van der Waals surface area (Å²) in [6.07, 6.45) is 11.6. The Morgan fingerprint density at radius 2 is 1.53 bits per heavy atom. The second kappa shape index (κ2) is 10.9. The number of ether oxygens (including phenoxy) is 1. The molecule has 0 saturated heterocycles. The number of hydrogen-bond donors (Lipinski definition) is 0. The minimum absolute atomic E-state index is 0.705.